The highest BCUT2D eigenvalue weighted by atomic mass is 35.5. The number of benzene rings is 1. The molecule has 140 valence electrons. The molecule has 1 aromatic carbocycles. The van der Waals surface area contributed by atoms with E-state index in [-0.39, 0.29) is 11.8 Å². The van der Waals surface area contributed by atoms with Crippen molar-refractivity contribution < 1.29 is 14.3 Å². The summed E-state index contributed by atoms with van der Waals surface area (Å²) < 4.78 is 5.10. The summed E-state index contributed by atoms with van der Waals surface area (Å²) in [7, 11) is 1.65. The maximum absolute atomic E-state index is 13.1. The van der Waals surface area contributed by atoms with E-state index < -0.39 is 6.04 Å². The van der Waals surface area contributed by atoms with Gasteiger partial charge in [-0.25, -0.2) is 0 Å². The van der Waals surface area contributed by atoms with E-state index in [9.17, 15) is 9.59 Å². The standard InChI is InChI=1S/C19H29ClN2O3/c1-4-5-6-12-22(13-7-14-25-3)19(24)18(21-15(2)23)16-8-10-17(20)11-9-16/h8-11,18H,4-7,12-14H2,1-3H3,(H,21,23)/t18-/m0/s1. The molecule has 0 fully saturated rings. The average molecular weight is 369 g/mol. The van der Waals surface area contributed by atoms with Gasteiger partial charge in [0.25, 0.3) is 0 Å². The van der Waals surface area contributed by atoms with Crippen molar-refractivity contribution >= 4 is 23.4 Å². The third-order valence-corrected chi connectivity index (χ3v) is 4.17. The van der Waals surface area contributed by atoms with Crippen LogP contribution in [0.4, 0.5) is 0 Å². The molecule has 0 aliphatic heterocycles. The Kier molecular flexibility index (Phi) is 10.2. The van der Waals surface area contributed by atoms with Gasteiger partial charge in [-0.15, -0.1) is 0 Å². The molecule has 0 radical (unpaired) electrons. The van der Waals surface area contributed by atoms with Crippen LogP contribution in [0.2, 0.25) is 5.02 Å². The summed E-state index contributed by atoms with van der Waals surface area (Å²) in [6.07, 6.45) is 3.87. The lowest BCUT2D eigenvalue weighted by atomic mass is 10.0. The Hall–Kier alpha value is -1.59. The fourth-order valence-corrected chi connectivity index (χ4v) is 2.74. The van der Waals surface area contributed by atoms with Gasteiger partial charge in [0.1, 0.15) is 6.04 Å². The number of ether oxygens (including phenoxy) is 1. The highest BCUT2D eigenvalue weighted by Crippen LogP contribution is 2.19. The number of hydrogen-bond acceptors (Lipinski definition) is 3. The topological polar surface area (TPSA) is 58.6 Å². The van der Waals surface area contributed by atoms with Gasteiger partial charge in [-0.1, -0.05) is 43.5 Å². The largest absolute Gasteiger partial charge is 0.385 e. The molecule has 0 bridgehead atoms. The summed E-state index contributed by atoms with van der Waals surface area (Å²) in [5.74, 6) is -0.330. The molecule has 2 amide bonds. The van der Waals surface area contributed by atoms with Gasteiger partial charge >= 0.3 is 0 Å². The predicted molar refractivity (Wildman–Crippen MR) is 101 cm³/mol. The lowest BCUT2D eigenvalue weighted by Crippen LogP contribution is -2.43. The lowest BCUT2D eigenvalue weighted by Gasteiger charge is -2.28. The van der Waals surface area contributed by atoms with Gasteiger partial charge in [0, 0.05) is 38.8 Å². The number of halogens is 1. The first kappa shape index (κ1) is 21.5. The number of nitrogens with one attached hydrogen (secondary N) is 1. The number of unbranched alkanes of at least 4 members (excludes halogenated alkanes) is 2. The minimum Gasteiger partial charge on any atom is -0.385 e. The van der Waals surface area contributed by atoms with Gasteiger partial charge in [0.15, 0.2) is 0 Å². The normalized spacial score (nSPS) is 11.8. The Labute approximate surface area is 155 Å². The van der Waals surface area contributed by atoms with Gasteiger partial charge in [0.05, 0.1) is 0 Å². The summed E-state index contributed by atoms with van der Waals surface area (Å²) in [6, 6.07) is 6.32. The van der Waals surface area contributed by atoms with Crippen LogP contribution in [0.1, 0.15) is 51.1 Å². The molecule has 0 spiro atoms. The number of amides is 2. The van der Waals surface area contributed by atoms with Crippen LogP contribution in [0.3, 0.4) is 0 Å². The molecule has 0 saturated carbocycles. The van der Waals surface area contributed by atoms with Crippen molar-refractivity contribution in [2.24, 2.45) is 0 Å². The second-order valence-electron chi connectivity index (χ2n) is 6.06. The van der Waals surface area contributed by atoms with E-state index in [0.717, 1.165) is 31.2 Å². The fraction of sp³-hybridized carbons (Fsp3) is 0.579. The molecule has 1 rings (SSSR count). The summed E-state index contributed by atoms with van der Waals surface area (Å²) >= 11 is 5.94. The molecule has 1 aromatic rings. The van der Waals surface area contributed by atoms with E-state index in [0.29, 0.717) is 24.7 Å². The summed E-state index contributed by atoms with van der Waals surface area (Å²) in [5.41, 5.74) is 0.733. The SMILES string of the molecule is CCCCCN(CCCOC)C(=O)[C@@H](NC(C)=O)c1ccc(Cl)cc1. The second-order valence-corrected chi connectivity index (χ2v) is 6.50. The summed E-state index contributed by atoms with van der Waals surface area (Å²) in [4.78, 5) is 26.5. The van der Waals surface area contributed by atoms with Crippen molar-refractivity contribution in [3.8, 4) is 0 Å². The molecule has 0 heterocycles. The number of hydrogen-bond donors (Lipinski definition) is 1. The van der Waals surface area contributed by atoms with Crippen LogP contribution in [-0.4, -0.2) is 43.5 Å². The molecule has 1 N–H and O–H groups in total. The summed E-state index contributed by atoms with van der Waals surface area (Å²) in [5, 5.41) is 3.37. The van der Waals surface area contributed by atoms with Crippen LogP contribution in [0.5, 0.6) is 0 Å². The van der Waals surface area contributed by atoms with Gasteiger partial charge < -0.3 is 15.0 Å². The maximum atomic E-state index is 13.1. The van der Waals surface area contributed by atoms with Crippen LogP contribution in [0, 0.1) is 0 Å². The molecule has 25 heavy (non-hydrogen) atoms. The first-order valence-electron chi connectivity index (χ1n) is 8.79. The van der Waals surface area contributed by atoms with Crippen molar-refractivity contribution in [2.45, 2.75) is 45.6 Å². The molecule has 5 nitrogen and oxygen atoms in total. The zero-order chi connectivity index (χ0) is 18.7. The van der Waals surface area contributed by atoms with E-state index in [1.165, 1.54) is 6.92 Å². The van der Waals surface area contributed by atoms with E-state index in [4.69, 9.17) is 16.3 Å². The first-order chi connectivity index (χ1) is 12.0. The van der Waals surface area contributed by atoms with Gasteiger partial charge in [0.2, 0.25) is 11.8 Å². The smallest absolute Gasteiger partial charge is 0.249 e. The Morgan fingerprint density at radius 3 is 2.36 bits per heavy atom. The molecular formula is C19H29ClN2O3. The van der Waals surface area contributed by atoms with E-state index in [2.05, 4.69) is 12.2 Å². The third kappa shape index (κ3) is 7.88. The molecule has 1 atom stereocenters. The number of carbonyl (C=O) groups is 2. The second kappa shape index (κ2) is 11.9. The van der Waals surface area contributed by atoms with Crippen LogP contribution in [-0.2, 0) is 14.3 Å². The number of carbonyl (C=O) groups excluding carboxylic acids is 2. The Balaban J connectivity index is 2.94. The predicted octanol–water partition coefficient (Wildman–Crippen LogP) is 3.57. The van der Waals surface area contributed by atoms with Crippen LogP contribution >= 0.6 is 11.6 Å². The molecule has 6 heteroatoms. The molecule has 0 saturated heterocycles. The van der Waals surface area contributed by atoms with Crippen molar-refractivity contribution in [3.05, 3.63) is 34.9 Å². The van der Waals surface area contributed by atoms with Crippen LogP contribution in [0.25, 0.3) is 0 Å². The van der Waals surface area contributed by atoms with Crippen molar-refractivity contribution in [3.63, 3.8) is 0 Å². The monoisotopic (exact) mass is 368 g/mol. The lowest BCUT2D eigenvalue weighted by molar-refractivity contribution is -0.136. The third-order valence-electron chi connectivity index (χ3n) is 3.92. The molecule has 0 aliphatic rings. The minimum absolute atomic E-state index is 0.0928. The fourth-order valence-electron chi connectivity index (χ4n) is 2.61. The van der Waals surface area contributed by atoms with Crippen LogP contribution < -0.4 is 5.32 Å². The molecular weight excluding hydrogens is 340 g/mol. The maximum Gasteiger partial charge on any atom is 0.249 e. The van der Waals surface area contributed by atoms with Crippen molar-refractivity contribution in [1.29, 1.82) is 0 Å². The quantitative estimate of drug-likeness (QED) is 0.607. The highest BCUT2D eigenvalue weighted by Gasteiger charge is 2.26. The summed E-state index contributed by atoms with van der Waals surface area (Å²) in [6.45, 7) is 5.44. The molecule has 0 aromatic heterocycles. The minimum atomic E-state index is -0.695. The van der Waals surface area contributed by atoms with Crippen LogP contribution in [0.15, 0.2) is 24.3 Å². The van der Waals surface area contributed by atoms with Gasteiger partial charge in [-0.2, -0.15) is 0 Å². The average Bonchev–Trinajstić information content (AvgIpc) is 2.59. The van der Waals surface area contributed by atoms with Crippen molar-refractivity contribution in [1.82, 2.24) is 10.2 Å². The van der Waals surface area contributed by atoms with E-state index in [1.807, 2.05) is 4.90 Å². The van der Waals surface area contributed by atoms with Gasteiger partial charge in [-0.05, 0) is 30.5 Å². The van der Waals surface area contributed by atoms with E-state index >= 15 is 0 Å². The van der Waals surface area contributed by atoms with Gasteiger partial charge in [-0.3, -0.25) is 9.59 Å². The highest BCUT2D eigenvalue weighted by molar-refractivity contribution is 6.30. The zero-order valence-electron chi connectivity index (χ0n) is 15.4. The first-order valence-corrected chi connectivity index (χ1v) is 9.17. The number of rotatable bonds is 11. The zero-order valence-corrected chi connectivity index (χ0v) is 16.1. The Bertz CT molecular complexity index is 524. The molecule has 0 unspecified atom stereocenters. The molecule has 0 aliphatic carbocycles. The number of methoxy groups -OCH3 is 1. The Morgan fingerprint density at radius 1 is 1.16 bits per heavy atom. The van der Waals surface area contributed by atoms with E-state index in [1.54, 1.807) is 31.4 Å². The number of nitrogens with zero attached hydrogens (tertiary/aromatic N) is 1. The Morgan fingerprint density at radius 2 is 1.80 bits per heavy atom. The van der Waals surface area contributed by atoms with Crippen molar-refractivity contribution in [2.75, 3.05) is 26.8 Å².